The quantitative estimate of drug-likeness (QED) is 0.372. The van der Waals surface area contributed by atoms with Gasteiger partial charge in [0.1, 0.15) is 11.8 Å². The van der Waals surface area contributed by atoms with E-state index in [1.165, 1.54) is 5.56 Å². The second kappa shape index (κ2) is 12.3. The van der Waals surface area contributed by atoms with E-state index in [9.17, 15) is 9.59 Å². The van der Waals surface area contributed by atoms with Crippen LogP contribution in [0.15, 0.2) is 46.9 Å². The van der Waals surface area contributed by atoms with E-state index in [1.807, 2.05) is 37.3 Å². The lowest BCUT2D eigenvalue weighted by molar-refractivity contribution is -0.143. The summed E-state index contributed by atoms with van der Waals surface area (Å²) in [4.78, 5) is 28.3. The first-order valence-electron chi connectivity index (χ1n) is 12.4. The number of rotatable bonds is 9. The van der Waals surface area contributed by atoms with Gasteiger partial charge in [0.05, 0.1) is 4.47 Å². The van der Waals surface area contributed by atoms with E-state index >= 15 is 0 Å². The van der Waals surface area contributed by atoms with E-state index in [2.05, 4.69) is 42.0 Å². The van der Waals surface area contributed by atoms with Crippen molar-refractivity contribution in [2.45, 2.75) is 83.8 Å². The first-order valence-corrected chi connectivity index (χ1v) is 13.5. The average Bonchev–Trinajstić information content (AvgIpc) is 3.31. The molecule has 0 saturated heterocycles. The Balaban J connectivity index is 1.77. The highest BCUT2D eigenvalue weighted by atomic mass is 79.9. The van der Waals surface area contributed by atoms with E-state index < -0.39 is 6.04 Å². The van der Waals surface area contributed by atoms with Crippen molar-refractivity contribution in [2.75, 3.05) is 6.61 Å². The van der Waals surface area contributed by atoms with Crippen LogP contribution in [0.1, 0.15) is 70.9 Å². The summed E-state index contributed by atoms with van der Waals surface area (Å²) < 4.78 is 6.72. The molecule has 1 unspecified atom stereocenters. The van der Waals surface area contributed by atoms with Gasteiger partial charge in [0, 0.05) is 17.6 Å². The molecule has 3 rings (SSSR count). The number of benzene rings is 2. The second-order valence-corrected chi connectivity index (χ2v) is 11.5. The van der Waals surface area contributed by atoms with E-state index in [-0.39, 0.29) is 29.9 Å². The smallest absolute Gasteiger partial charge is 0.261 e. The predicted molar refractivity (Wildman–Crippen MR) is 145 cm³/mol. The topological polar surface area (TPSA) is 58.6 Å². The zero-order valence-electron chi connectivity index (χ0n) is 21.1. The molecule has 1 atom stereocenters. The second-order valence-electron chi connectivity index (χ2n) is 10.2. The summed E-state index contributed by atoms with van der Waals surface area (Å²) in [6, 6.07) is 12.9. The minimum absolute atomic E-state index is 0.00722. The molecule has 1 aliphatic carbocycles. The fraction of sp³-hybridized carbons (Fsp3) is 0.500. The molecular weight excluding hydrogens is 528 g/mol. The molecule has 190 valence electrons. The number of ether oxygens (including phenoxy) is 1. The molecule has 5 nitrogen and oxygen atoms in total. The van der Waals surface area contributed by atoms with Gasteiger partial charge >= 0.3 is 0 Å². The van der Waals surface area contributed by atoms with Gasteiger partial charge < -0.3 is 15.0 Å². The van der Waals surface area contributed by atoms with Crippen LogP contribution in [-0.2, 0) is 21.5 Å². The third kappa shape index (κ3) is 7.71. The molecule has 0 bridgehead atoms. The summed E-state index contributed by atoms with van der Waals surface area (Å²) in [5.74, 6) is 0.263. The Bertz CT molecular complexity index is 1010. The van der Waals surface area contributed by atoms with Crippen molar-refractivity contribution in [3.8, 4) is 5.75 Å². The molecule has 7 heteroatoms. The lowest BCUT2D eigenvalue weighted by atomic mass is 9.87. The standard InChI is InChI=1S/C28H36BrClN2O3/c1-5-24(27(34)31-22-8-6-7-9-22)32(17-19-10-13-21(30)14-11-19)26(33)18-35-25-15-12-20(16-23(25)29)28(2,3)4/h10-16,22,24H,5-9,17-18H2,1-4H3,(H,31,34). The first-order chi connectivity index (χ1) is 16.6. The minimum atomic E-state index is -0.575. The maximum absolute atomic E-state index is 13.4. The number of halogens is 2. The average molecular weight is 564 g/mol. The van der Waals surface area contributed by atoms with Crippen LogP contribution in [0.2, 0.25) is 5.02 Å². The number of hydrogen-bond donors (Lipinski definition) is 1. The van der Waals surface area contributed by atoms with Crippen LogP contribution in [-0.4, -0.2) is 35.4 Å². The zero-order valence-corrected chi connectivity index (χ0v) is 23.4. The predicted octanol–water partition coefficient (Wildman–Crippen LogP) is 6.65. The molecular formula is C28H36BrClN2O3. The molecule has 1 fully saturated rings. The number of nitrogens with one attached hydrogen (secondary N) is 1. The Labute approximate surface area is 222 Å². The first kappa shape index (κ1) is 27.5. The number of carbonyl (C=O) groups is 2. The van der Waals surface area contributed by atoms with Crippen molar-refractivity contribution < 1.29 is 14.3 Å². The molecule has 0 radical (unpaired) electrons. The lowest BCUT2D eigenvalue weighted by Crippen LogP contribution is -2.52. The van der Waals surface area contributed by atoms with Crippen LogP contribution >= 0.6 is 27.5 Å². The van der Waals surface area contributed by atoms with Gasteiger partial charge in [0.15, 0.2) is 6.61 Å². The molecule has 2 aromatic rings. The summed E-state index contributed by atoms with van der Waals surface area (Å²) in [5, 5.41) is 3.79. The Morgan fingerprint density at radius 2 is 1.80 bits per heavy atom. The summed E-state index contributed by atoms with van der Waals surface area (Å²) in [5.41, 5.74) is 2.08. The van der Waals surface area contributed by atoms with Gasteiger partial charge in [0.25, 0.3) is 5.91 Å². The Morgan fingerprint density at radius 3 is 2.37 bits per heavy atom. The number of hydrogen-bond acceptors (Lipinski definition) is 3. The van der Waals surface area contributed by atoms with Crippen molar-refractivity contribution >= 4 is 39.3 Å². The molecule has 1 N–H and O–H groups in total. The SMILES string of the molecule is CCC(C(=O)NC1CCCC1)N(Cc1ccc(Cl)cc1)C(=O)COc1ccc(C(C)(C)C)cc1Br. The van der Waals surface area contributed by atoms with E-state index in [0.717, 1.165) is 35.7 Å². The fourth-order valence-electron chi connectivity index (χ4n) is 4.38. The number of amides is 2. The monoisotopic (exact) mass is 562 g/mol. The Hall–Kier alpha value is -2.05. The van der Waals surface area contributed by atoms with Gasteiger partial charge in [-0.05, 0) is 76.0 Å². The fourth-order valence-corrected chi connectivity index (χ4v) is 5.00. The van der Waals surface area contributed by atoms with E-state index in [4.69, 9.17) is 16.3 Å². The molecule has 2 amide bonds. The van der Waals surface area contributed by atoms with E-state index in [0.29, 0.717) is 23.7 Å². The molecule has 1 aliphatic rings. The van der Waals surface area contributed by atoms with Gasteiger partial charge in [-0.15, -0.1) is 0 Å². The normalized spacial score (nSPS) is 15.0. The maximum atomic E-state index is 13.4. The summed E-state index contributed by atoms with van der Waals surface area (Å²) in [7, 11) is 0. The molecule has 35 heavy (non-hydrogen) atoms. The van der Waals surface area contributed by atoms with Crippen LogP contribution in [0.5, 0.6) is 5.75 Å². The molecule has 0 heterocycles. The Kier molecular flexibility index (Phi) is 9.65. The van der Waals surface area contributed by atoms with Crippen molar-refractivity contribution in [3.63, 3.8) is 0 Å². The third-order valence-corrected chi connectivity index (χ3v) is 7.37. The molecule has 2 aromatic carbocycles. The molecule has 1 saturated carbocycles. The van der Waals surface area contributed by atoms with Gasteiger partial charge in [-0.3, -0.25) is 9.59 Å². The Morgan fingerprint density at radius 1 is 1.14 bits per heavy atom. The highest BCUT2D eigenvalue weighted by Crippen LogP contribution is 2.31. The van der Waals surface area contributed by atoms with Crippen LogP contribution < -0.4 is 10.1 Å². The summed E-state index contributed by atoms with van der Waals surface area (Å²) >= 11 is 9.62. The molecule has 0 aliphatic heterocycles. The van der Waals surface area contributed by atoms with E-state index in [1.54, 1.807) is 17.0 Å². The lowest BCUT2D eigenvalue weighted by Gasteiger charge is -2.31. The van der Waals surface area contributed by atoms with Crippen LogP contribution in [0, 0.1) is 0 Å². The van der Waals surface area contributed by atoms with Crippen LogP contribution in [0.25, 0.3) is 0 Å². The van der Waals surface area contributed by atoms with Gasteiger partial charge in [-0.2, -0.15) is 0 Å². The van der Waals surface area contributed by atoms with Crippen LogP contribution in [0.3, 0.4) is 0 Å². The van der Waals surface area contributed by atoms with Gasteiger partial charge in [-0.1, -0.05) is 70.3 Å². The number of nitrogens with zero attached hydrogens (tertiary/aromatic N) is 1. The summed E-state index contributed by atoms with van der Waals surface area (Å²) in [6.07, 6.45) is 4.77. The van der Waals surface area contributed by atoms with Crippen molar-refractivity contribution in [3.05, 3.63) is 63.1 Å². The zero-order chi connectivity index (χ0) is 25.6. The van der Waals surface area contributed by atoms with Crippen molar-refractivity contribution in [2.24, 2.45) is 0 Å². The number of carbonyl (C=O) groups excluding carboxylic acids is 2. The maximum Gasteiger partial charge on any atom is 0.261 e. The molecule has 0 aromatic heterocycles. The van der Waals surface area contributed by atoms with Gasteiger partial charge in [0.2, 0.25) is 5.91 Å². The summed E-state index contributed by atoms with van der Waals surface area (Å²) in [6.45, 7) is 8.52. The third-order valence-electron chi connectivity index (χ3n) is 6.50. The largest absolute Gasteiger partial charge is 0.483 e. The van der Waals surface area contributed by atoms with Crippen LogP contribution in [0.4, 0.5) is 0 Å². The minimum Gasteiger partial charge on any atom is -0.483 e. The molecule has 0 spiro atoms. The highest BCUT2D eigenvalue weighted by Gasteiger charge is 2.31. The van der Waals surface area contributed by atoms with Crippen molar-refractivity contribution in [1.29, 1.82) is 0 Å². The van der Waals surface area contributed by atoms with Crippen molar-refractivity contribution in [1.82, 2.24) is 10.2 Å². The highest BCUT2D eigenvalue weighted by molar-refractivity contribution is 9.10. The van der Waals surface area contributed by atoms with Gasteiger partial charge in [-0.25, -0.2) is 0 Å².